The number of hydrogen-bond donors (Lipinski definition) is 1. The van der Waals surface area contributed by atoms with E-state index in [1.54, 1.807) is 0 Å². The molecule has 0 saturated carbocycles. The number of allylic oxidation sites excluding steroid dienone is 2. The summed E-state index contributed by atoms with van der Waals surface area (Å²) in [7, 11) is 3.59. The first-order chi connectivity index (χ1) is 10.8. The quantitative estimate of drug-likeness (QED) is 0.648. The van der Waals surface area contributed by atoms with Crippen LogP contribution in [0.2, 0.25) is 0 Å². The number of carbonyl (C=O) groups excluding carboxylic acids is 4. The van der Waals surface area contributed by atoms with Crippen molar-refractivity contribution in [3.8, 4) is 0 Å². The van der Waals surface area contributed by atoms with Crippen molar-refractivity contribution in [3.63, 3.8) is 0 Å². The van der Waals surface area contributed by atoms with Gasteiger partial charge in [-0.1, -0.05) is 6.58 Å². The van der Waals surface area contributed by atoms with Crippen molar-refractivity contribution in [2.45, 2.75) is 0 Å². The van der Waals surface area contributed by atoms with Gasteiger partial charge in [0.2, 0.25) is 11.6 Å². The van der Waals surface area contributed by atoms with Gasteiger partial charge in [0.25, 0.3) is 0 Å². The zero-order chi connectivity index (χ0) is 17.5. The number of fused-ring (bicyclic) bond motifs is 1. The first-order valence-electron chi connectivity index (χ1n) is 6.34. The number of hydrogen-bond acceptors (Lipinski definition) is 7. The second-order valence-electron chi connectivity index (χ2n) is 4.69. The highest BCUT2D eigenvalue weighted by atomic mass is 16.5. The monoisotopic (exact) mass is 319 g/mol. The first-order valence-corrected chi connectivity index (χ1v) is 6.34. The van der Waals surface area contributed by atoms with Gasteiger partial charge in [0, 0.05) is 13.1 Å². The summed E-state index contributed by atoms with van der Waals surface area (Å²) in [5.74, 6) is -4.19. The van der Waals surface area contributed by atoms with Gasteiger partial charge in [0.05, 0.1) is 36.6 Å². The summed E-state index contributed by atoms with van der Waals surface area (Å²) in [6, 6.07) is 0. The Morgan fingerprint density at radius 1 is 1.22 bits per heavy atom. The molecule has 8 heteroatoms. The molecule has 0 radical (unpaired) electrons. The van der Waals surface area contributed by atoms with Crippen LogP contribution >= 0.6 is 0 Å². The minimum atomic E-state index is -0.947. The normalized spacial score (nSPS) is 13.3. The Labute approximate surface area is 130 Å². The van der Waals surface area contributed by atoms with Crippen LogP contribution in [-0.2, 0) is 21.3 Å². The van der Waals surface area contributed by atoms with E-state index < -0.39 is 29.3 Å². The van der Waals surface area contributed by atoms with Crippen LogP contribution in [0.4, 0.5) is 0 Å². The lowest BCUT2D eigenvalue weighted by atomic mass is 9.95. The number of ether oxygens (including phenoxy) is 2. The van der Waals surface area contributed by atoms with Crippen molar-refractivity contribution < 1.29 is 33.8 Å². The average molecular weight is 319 g/mol. The van der Waals surface area contributed by atoms with Gasteiger partial charge in [0.15, 0.2) is 5.76 Å². The lowest BCUT2D eigenvalue weighted by Crippen LogP contribution is -2.20. The number of ketones is 2. The molecule has 120 valence electrons. The van der Waals surface area contributed by atoms with Crippen LogP contribution < -0.4 is 0 Å². The molecule has 0 atom stereocenters. The van der Waals surface area contributed by atoms with Gasteiger partial charge in [-0.3, -0.25) is 9.59 Å². The fraction of sp³-hybridized carbons (Fsp3) is 0.200. The Balaban J connectivity index is 2.88. The summed E-state index contributed by atoms with van der Waals surface area (Å²) < 4.78 is 10.4. The zero-order valence-electron chi connectivity index (χ0n) is 12.6. The van der Waals surface area contributed by atoms with Gasteiger partial charge in [0.1, 0.15) is 5.69 Å². The topological polar surface area (TPSA) is 112 Å². The zero-order valence-corrected chi connectivity index (χ0v) is 12.6. The van der Waals surface area contributed by atoms with E-state index in [2.05, 4.69) is 16.1 Å². The highest BCUT2D eigenvalue weighted by Crippen LogP contribution is 2.33. The molecule has 0 bridgehead atoms. The maximum atomic E-state index is 12.2. The van der Waals surface area contributed by atoms with E-state index in [1.165, 1.54) is 11.6 Å². The predicted molar refractivity (Wildman–Crippen MR) is 77.2 cm³/mol. The third-order valence-electron chi connectivity index (χ3n) is 3.46. The summed E-state index contributed by atoms with van der Waals surface area (Å²) in [5.41, 5.74) is -1.11. The van der Waals surface area contributed by atoms with Gasteiger partial charge in [-0.2, -0.15) is 0 Å². The van der Waals surface area contributed by atoms with Gasteiger partial charge in [-0.05, 0) is 0 Å². The van der Waals surface area contributed by atoms with Gasteiger partial charge < -0.3 is 19.1 Å². The van der Waals surface area contributed by atoms with E-state index in [9.17, 15) is 24.3 Å². The SMILES string of the molecule is C=C(C(=O)OC)c1c(C(=O)OC)c2c(n1C)C(=O)C=C(O)C2=O. The van der Waals surface area contributed by atoms with Crippen molar-refractivity contribution in [3.05, 3.63) is 40.9 Å². The molecule has 2 rings (SSSR count). The molecule has 8 nitrogen and oxygen atoms in total. The maximum absolute atomic E-state index is 12.2. The van der Waals surface area contributed by atoms with Crippen molar-refractivity contribution in [2.75, 3.05) is 14.2 Å². The van der Waals surface area contributed by atoms with Crippen molar-refractivity contribution in [1.29, 1.82) is 0 Å². The lowest BCUT2D eigenvalue weighted by molar-refractivity contribution is -0.133. The number of aliphatic hydroxyl groups excluding tert-OH is 1. The molecule has 1 heterocycles. The smallest absolute Gasteiger partial charge is 0.340 e. The molecule has 0 fully saturated rings. The fourth-order valence-corrected chi connectivity index (χ4v) is 2.45. The highest BCUT2D eigenvalue weighted by molar-refractivity contribution is 6.28. The van der Waals surface area contributed by atoms with Gasteiger partial charge in [-0.25, -0.2) is 9.59 Å². The van der Waals surface area contributed by atoms with E-state index in [-0.39, 0.29) is 28.1 Å². The third kappa shape index (κ3) is 2.24. The molecule has 0 aliphatic heterocycles. The Hall–Kier alpha value is -3.16. The standard InChI is InChI=1S/C15H13NO7/c1-6(14(20)22-3)11-10(15(21)23-4)9-12(16(11)2)7(17)5-8(18)13(9)19/h5,18H,1H2,2-4H3. The Morgan fingerprint density at radius 3 is 2.35 bits per heavy atom. The number of rotatable bonds is 3. The number of esters is 2. The number of aromatic nitrogens is 1. The molecule has 1 N–H and O–H groups in total. The molecule has 0 unspecified atom stereocenters. The van der Waals surface area contributed by atoms with Crippen LogP contribution in [0.25, 0.3) is 5.57 Å². The molecule has 0 saturated heterocycles. The molecular weight excluding hydrogens is 306 g/mol. The summed E-state index contributed by atoms with van der Waals surface area (Å²) >= 11 is 0. The van der Waals surface area contributed by atoms with Crippen LogP contribution in [0, 0.1) is 0 Å². The van der Waals surface area contributed by atoms with Crippen LogP contribution in [-0.4, -0.2) is 47.4 Å². The number of aliphatic hydroxyl groups is 1. The Bertz CT molecular complexity index is 810. The molecule has 0 amide bonds. The molecule has 1 aliphatic carbocycles. The number of methoxy groups -OCH3 is 2. The third-order valence-corrected chi connectivity index (χ3v) is 3.46. The number of nitrogens with zero attached hydrogens (tertiary/aromatic N) is 1. The minimum absolute atomic E-state index is 0.0847. The van der Waals surface area contributed by atoms with E-state index >= 15 is 0 Å². The van der Waals surface area contributed by atoms with E-state index in [0.29, 0.717) is 0 Å². The molecule has 23 heavy (non-hydrogen) atoms. The Kier molecular flexibility index (Phi) is 3.92. The lowest BCUT2D eigenvalue weighted by Gasteiger charge is -2.09. The largest absolute Gasteiger partial charge is 0.504 e. The molecule has 1 aromatic rings. The first kappa shape index (κ1) is 16.2. The second-order valence-corrected chi connectivity index (χ2v) is 4.69. The van der Waals surface area contributed by atoms with Crippen LogP contribution in [0.1, 0.15) is 36.9 Å². The van der Waals surface area contributed by atoms with Gasteiger partial charge in [-0.15, -0.1) is 0 Å². The summed E-state index contributed by atoms with van der Waals surface area (Å²) in [6.07, 6.45) is 0.746. The number of carbonyl (C=O) groups is 4. The fourth-order valence-electron chi connectivity index (χ4n) is 2.45. The average Bonchev–Trinajstić information content (AvgIpc) is 2.84. The maximum Gasteiger partial charge on any atom is 0.340 e. The molecule has 0 spiro atoms. The molecule has 0 aromatic carbocycles. The summed E-state index contributed by atoms with van der Waals surface area (Å²) in [4.78, 5) is 48.1. The van der Waals surface area contributed by atoms with Crippen molar-refractivity contribution >= 4 is 29.1 Å². The van der Waals surface area contributed by atoms with E-state index in [4.69, 9.17) is 0 Å². The van der Waals surface area contributed by atoms with Crippen molar-refractivity contribution in [1.82, 2.24) is 4.57 Å². The van der Waals surface area contributed by atoms with Crippen molar-refractivity contribution in [2.24, 2.45) is 7.05 Å². The summed E-state index contributed by atoms with van der Waals surface area (Å²) in [6.45, 7) is 3.54. The van der Waals surface area contributed by atoms with E-state index in [1.807, 2.05) is 0 Å². The van der Waals surface area contributed by atoms with Crippen LogP contribution in [0.3, 0.4) is 0 Å². The minimum Gasteiger partial charge on any atom is -0.504 e. The van der Waals surface area contributed by atoms with Crippen LogP contribution in [0.5, 0.6) is 0 Å². The second kappa shape index (κ2) is 5.56. The Morgan fingerprint density at radius 2 is 1.83 bits per heavy atom. The molecule has 1 aliphatic rings. The molecule has 1 aromatic heterocycles. The van der Waals surface area contributed by atoms with Gasteiger partial charge >= 0.3 is 11.9 Å². The number of Topliss-reactive ketones (excluding diaryl/α,β-unsaturated/α-hetero) is 1. The predicted octanol–water partition coefficient (Wildman–Crippen LogP) is 0.819. The highest BCUT2D eigenvalue weighted by Gasteiger charge is 2.39. The van der Waals surface area contributed by atoms with E-state index in [0.717, 1.165) is 20.3 Å². The summed E-state index contributed by atoms with van der Waals surface area (Å²) in [5, 5.41) is 9.58. The molecular formula is C15H13NO7. The van der Waals surface area contributed by atoms with Crippen LogP contribution in [0.15, 0.2) is 18.4 Å².